The first kappa shape index (κ1) is 14.3. The van der Waals surface area contributed by atoms with E-state index in [2.05, 4.69) is 4.98 Å². The van der Waals surface area contributed by atoms with Gasteiger partial charge in [-0.1, -0.05) is 18.2 Å². The van der Waals surface area contributed by atoms with Gasteiger partial charge in [0.05, 0.1) is 11.1 Å². The molecule has 106 valence electrons. The maximum atomic E-state index is 12.5. The third kappa shape index (κ3) is 3.05. The topological polar surface area (TPSA) is 62.5 Å². The number of pyridine rings is 1. The standard InChI is InChI=1S/C15H20N4O/c1-18(2)8-9-19(3)15(20)12-10-14(16)17-13-7-5-4-6-11(12)13/h4-7,10H,8-9H2,1-3H3,(H2,16,17). The fourth-order valence-corrected chi connectivity index (χ4v) is 2.03. The number of nitrogens with zero attached hydrogens (tertiary/aromatic N) is 3. The second kappa shape index (κ2) is 5.88. The number of aromatic nitrogens is 1. The lowest BCUT2D eigenvalue weighted by Crippen LogP contribution is -2.33. The summed E-state index contributed by atoms with van der Waals surface area (Å²) >= 11 is 0. The highest BCUT2D eigenvalue weighted by atomic mass is 16.2. The number of benzene rings is 1. The Hall–Kier alpha value is -2.14. The fourth-order valence-electron chi connectivity index (χ4n) is 2.03. The number of amides is 1. The highest BCUT2D eigenvalue weighted by Crippen LogP contribution is 2.20. The van der Waals surface area contributed by atoms with Crippen LogP contribution in [0.25, 0.3) is 10.9 Å². The minimum atomic E-state index is -0.0304. The lowest BCUT2D eigenvalue weighted by atomic mass is 10.1. The lowest BCUT2D eigenvalue weighted by molar-refractivity contribution is 0.0788. The second-order valence-electron chi connectivity index (χ2n) is 5.14. The van der Waals surface area contributed by atoms with Crippen LogP contribution in [0.4, 0.5) is 5.82 Å². The van der Waals surface area contributed by atoms with Gasteiger partial charge in [0.25, 0.3) is 5.91 Å². The van der Waals surface area contributed by atoms with E-state index in [9.17, 15) is 4.79 Å². The quantitative estimate of drug-likeness (QED) is 0.915. The van der Waals surface area contributed by atoms with Crippen molar-refractivity contribution >= 4 is 22.6 Å². The molecule has 0 aliphatic carbocycles. The van der Waals surface area contributed by atoms with E-state index >= 15 is 0 Å². The molecule has 0 aliphatic heterocycles. The van der Waals surface area contributed by atoms with Gasteiger partial charge in [-0.15, -0.1) is 0 Å². The van der Waals surface area contributed by atoms with E-state index in [1.165, 1.54) is 0 Å². The van der Waals surface area contributed by atoms with Gasteiger partial charge < -0.3 is 15.5 Å². The molecule has 0 saturated heterocycles. The van der Waals surface area contributed by atoms with Crippen LogP contribution in [0.3, 0.4) is 0 Å². The first-order valence-electron chi connectivity index (χ1n) is 6.54. The van der Waals surface area contributed by atoms with Gasteiger partial charge in [0.1, 0.15) is 5.82 Å². The summed E-state index contributed by atoms with van der Waals surface area (Å²) in [4.78, 5) is 20.6. The van der Waals surface area contributed by atoms with Crippen molar-refractivity contribution in [3.8, 4) is 0 Å². The lowest BCUT2D eigenvalue weighted by Gasteiger charge is -2.20. The van der Waals surface area contributed by atoms with Crippen molar-refractivity contribution in [1.82, 2.24) is 14.8 Å². The van der Waals surface area contributed by atoms with E-state index in [1.54, 1.807) is 18.0 Å². The molecule has 0 aliphatic rings. The van der Waals surface area contributed by atoms with Gasteiger partial charge >= 0.3 is 0 Å². The van der Waals surface area contributed by atoms with Crippen LogP contribution in [0.5, 0.6) is 0 Å². The molecule has 0 bridgehead atoms. The highest BCUT2D eigenvalue weighted by molar-refractivity contribution is 6.06. The van der Waals surface area contributed by atoms with Gasteiger partial charge in [-0.2, -0.15) is 0 Å². The molecule has 1 aromatic heterocycles. The largest absolute Gasteiger partial charge is 0.384 e. The summed E-state index contributed by atoms with van der Waals surface area (Å²) in [5.74, 6) is 0.338. The number of nitrogens with two attached hydrogens (primary N) is 1. The zero-order chi connectivity index (χ0) is 14.7. The molecule has 1 amide bonds. The van der Waals surface area contributed by atoms with Crippen molar-refractivity contribution in [2.24, 2.45) is 0 Å². The van der Waals surface area contributed by atoms with Crippen molar-refractivity contribution in [3.63, 3.8) is 0 Å². The van der Waals surface area contributed by atoms with E-state index in [0.29, 0.717) is 17.9 Å². The number of anilines is 1. The Balaban J connectivity index is 2.34. The van der Waals surface area contributed by atoms with Gasteiger partial charge in [-0.3, -0.25) is 4.79 Å². The molecule has 1 aromatic carbocycles. The number of hydrogen-bond donors (Lipinski definition) is 1. The maximum Gasteiger partial charge on any atom is 0.254 e. The molecule has 2 aromatic rings. The molecule has 2 N–H and O–H groups in total. The Labute approximate surface area is 119 Å². The van der Waals surface area contributed by atoms with Gasteiger partial charge in [-0.05, 0) is 26.2 Å². The average Bonchev–Trinajstić information content (AvgIpc) is 2.42. The SMILES string of the molecule is CN(C)CCN(C)C(=O)c1cc(N)nc2ccccc12. The molecule has 0 spiro atoms. The van der Waals surface area contributed by atoms with Crippen LogP contribution in [-0.4, -0.2) is 54.9 Å². The normalized spacial score (nSPS) is 11.0. The molecular weight excluding hydrogens is 252 g/mol. The third-order valence-electron chi connectivity index (χ3n) is 3.20. The third-order valence-corrected chi connectivity index (χ3v) is 3.20. The molecule has 2 rings (SSSR count). The number of fused-ring (bicyclic) bond motifs is 1. The summed E-state index contributed by atoms with van der Waals surface area (Å²) < 4.78 is 0. The predicted molar refractivity (Wildman–Crippen MR) is 81.7 cm³/mol. The number of carbonyl (C=O) groups excluding carboxylic acids is 1. The Morgan fingerprint density at radius 3 is 2.60 bits per heavy atom. The van der Waals surface area contributed by atoms with Crippen molar-refractivity contribution in [1.29, 1.82) is 0 Å². The van der Waals surface area contributed by atoms with Crippen LogP contribution in [0.1, 0.15) is 10.4 Å². The first-order valence-corrected chi connectivity index (χ1v) is 6.54. The molecule has 1 heterocycles. The molecule has 5 nitrogen and oxygen atoms in total. The van der Waals surface area contributed by atoms with Gasteiger partial charge in [0.2, 0.25) is 0 Å². The van der Waals surface area contributed by atoms with Crippen molar-refractivity contribution in [3.05, 3.63) is 35.9 Å². The van der Waals surface area contributed by atoms with E-state index in [4.69, 9.17) is 5.73 Å². The van der Waals surface area contributed by atoms with Crippen LogP contribution >= 0.6 is 0 Å². The smallest absolute Gasteiger partial charge is 0.254 e. The summed E-state index contributed by atoms with van der Waals surface area (Å²) in [5.41, 5.74) is 7.15. The van der Waals surface area contributed by atoms with E-state index in [1.807, 2.05) is 43.3 Å². The van der Waals surface area contributed by atoms with Crippen molar-refractivity contribution < 1.29 is 4.79 Å². The monoisotopic (exact) mass is 272 g/mol. The number of likely N-dealkylation sites (N-methyl/N-ethyl adjacent to an activating group) is 2. The number of carbonyl (C=O) groups is 1. The summed E-state index contributed by atoms with van der Waals surface area (Å²) in [5, 5.41) is 0.836. The molecule has 5 heteroatoms. The summed E-state index contributed by atoms with van der Waals surface area (Å²) in [6.45, 7) is 1.49. The highest BCUT2D eigenvalue weighted by Gasteiger charge is 2.16. The number of hydrogen-bond acceptors (Lipinski definition) is 4. The summed E-state index contributed by atoms with van der Waals surface area (Å²) in [6.07, 6.45) is 0. The molecule has 0 saturated carbocycles. The molecule has 0 radical (unpaired) electrons. The van der Waals surface area contributed by atoms with Gasteiger partial charge in [0.15, 0.2) is 0 Å². The van der Waals surface area contributed by atoms with E-state index in [0.717, 1.165) is 17.4 Å². The van der Waals surface area contributed by atoms with Crippen molar-refractivity contribution in [2.45, 2.75) is 0 Å². The molecule has 20 heavy (non-hydrogen) atoms. The number of para-hydroxylation sites is 1. The molecule has 0 atom stereocenters. The zero-order valence-electron chi connectivity index (χ0n) is 12.1. The molecule has 0 fully saturated rings. The average molecular weight is 272 g/mol. The minimum absolute atomic E-state index is 0.0304. The predicted octanol–water partition coefficient (Wildman–Crippen LogP) is 1.45. The van der Waals surface area contributed by atoms with Crippen LogP contribution in [0.15, 0.2) is 30.3 Å². The number of rotatable bonds is 4. The van der Waals surface area contributed by atoms with E-state index in [-0.39, 0.29) is 5.91 Å². The Morgan fingerprint density at radius 1 is 1.20 bits per heavy atom. The first-order chi connectivity index (χ1) is 9.49. The molecular formula is C15H20N4O. The Kier molecular flexibility index (Phi) is 4.20. The second-order valence-corrected chi connectivity index (χ2v) is 5.14. The Morgan fingerprint density at radius 2 is 1.90 bits per heavy atom. The summed E-state index contributed by atoms with van der Waals surface area (Å²) in [7, 11) is 5.77. The Bertz CT molecular complexity index is 624. The minimum Gasteiger partial charge on any atom is -0.384 e. The van der Waals surface area contributed by atoms with Crippen molar-refractivity contribution in [2.75, 3.05) is 40.0 Å². The van der Waals surface area contributed by atoms with Crippen LogP contribution in [0.2, 0.25) is 0 Å². The zero-order valence-corrected chi connectivity index (χ0v) is 12.1. The van der Waals surface area contributed by atoms with Crippen LogP contribution in [-0.2, 0) is 0 Å². The number of nitrogen functional groups attached to an aromatic ring is 1. The maximum absolute atomic E-state index is 12.5. The van der Waals surface area contributed by atoms with Gasteiger partial charge in [0, 0.05) is 25.5 Å². The molecule has 0 unspecified atom stereocenters. The fraction of sp³-hybridized carbons (Fsp3) is 0.333. The summed E-state index contributed by atoms with van der Waals surface area (Å²) in [6, 6.07) is 9.20. The van der Waals surface area contributed by atoms with Crippen LogP contribution in [0, 0.1) is 0 Å². The van der Waals surface area contributed by atoms with Gasteiger partial charge in [-0.25, -0.2) is 4.98 Å². The van der Waals surface area contributed by atoms with E-state index < -0.39 is 0 Å². The van der Waals surface area contributed by atoms with Crippen LogP contribution < -0.4 is 5.73 Å².